The minimum Gasteiger partial charge on any atom is -0.493 e. The summed E-state index contributed by atoms with van der Waals surface area (Å²) in [6.07, 6.45) is 0.445. The molecule has 1 amide bonds. The molecular weight excluding hydrogens is 396 g/mol. The molecule has 2 aliphatic rings. The number of amides is 1. The maximum atomic E-state index is 12.9. The fourth-order valence-corrected chi connectivity index (χ4v) is 4.80. The molecular formula is C23H26N4O4. The van der Waals surface area contributed by atoms with Crippen LogP contribution in [0.5, 0.6) is 11.5 Å². The third-order valence-electron chi connectivity index (χ3n) is 6.39. The third kappa shape index (κ3) is 3.95. The molecule has 2 aromatic carbocycles. The number of benzene rings is 2. The number of aliphatic hydroxyl groups is 1. The zero-order chi connectivity index (χ0) is 21.4. The fourth-order valence-electron chi connectivity index (χ4n) is 4.80. The van der Waals surface area contributed by atoms with Crippen molar-refractivity contribution in [2.45, 2.75) is 31.6 Å². The van der Waals surface area contributed by atoms with Gasteiger partial charge in [0.2, 0.25) is 5.91 Å². The van der Waals surface area contributed by atoms with Crippen LogP contribution in [0.15, 0.2) is 48.5 Å². The lowest BCUT2D eigenvalue weighted by Gasteiger charge is -2.35. The number of aromatic nitrogens is 3. The zero-order valence-electron chi connectivity index (χ0n) is 17.4. The minimum absolute atomic E-state index is 0.00592. The first kappa shape index (κ1) is 19.8. The number of rotatable bonds is 5. The molecule has 0 unspecified atom stereocenters. The van der Waals surface area contributed by atoms with Crippen molar-refractivity contribution in [2.75, 3.05) is 20.2 Å². The Balaban J connectivity index is 1.23. The Morgan fingerprint density at radius 1 is 1.00 bits per heavy atom. The molecule has 31 heavy (non-hydrogen) atoms. The predicted octanol–water partition coefficient (Wildman–Crippen LogP) is 2.12. The van der Waals surface area contributed by atoms with Crippen molar-refractivity contribution in [1.29, 1.82) is 0 Å². The molecule has 5 rings (SSSR count). The van der Waals surface area contributed by atoms with Crippen molar-refractivity contribution in [2.24, 2.45) is 11.8 Å². The summed E-state index contributed by atoms with van der Waals surface area (Å²) in [6.45, 7) is 1.45. The van der Waals surface area contributed by atoms with Gasteiger partial charge in [-0.2, -0.15) is 15.0 Å². The van der Waals surface area contributed by atoms with Crippen molar-refractivity contribution >= 4 is 16.9 Å². The number of aliphatic hydroxyl groups excluding tert-OH is 1. The second kappa shape index (κ2) is 8.19. The lowest BCUT2D eigenvalue weighted by molar-refractivity contribution is -0.131. The van der Waals surface area contributed by atoms with Gasteiger partial charge in [0.1, 0.15) is 23.7 Å². The second-order valence-corrected chi connectivity index (χ2v) is 8.38. The molecule has 1 saturated heterocycles. The number of para-hydroxylation sites is 2. The van der Waals surface area contributed by atoms with Crippen LogP contribution in [0.1, 0.15) is 12.8 Å². The highest BCUT2D eigenvalue weighted by molar-refractivity contribution is 5.77. The Kier molecular flexibility index (Phi) is 5.23. The number of likely N-dealkylation sites (tertiary alicyclic amines) is 1. The summed E-state index contributed by atoms with van der Waals surface area (Å²) in [7, 11) is 1.60. The molecule has 1 N–H and O–H groups in total. The van der Waals surface area contributed by atoms with Gasteiger partial charge < -0.3 is 19.5 Å². The summed E-state index contributed by atoms with van der Waals surface area (Å²) in [5, 5.41) is 19.5. The van der Waals surface area contributed by atoms with Crippen LogP contribution in [0.4, 0.5) is 0 Å². The Bertz CT molecular complexity index is 1050. The van der Waals surface area contributed by atoms with Gasteiger partial charge in [0.05, 0.1) is 13.2 Å². The number of nitrogens with zero attached hydrogens (tertiary/aromatic N) is 4. The second-order valence-electron chi connectivity index (χ2n) is 8.38. The van der Waals surface area contributed by atoms with Gasteiger partial charge >= 0.3 is 0 Å². The van der Waals surface area contributed by atoms with Gasteiger partial charge in [0.15, 0.2) is 11.5 Å². The summed E-state index contributed by atoms with van der Waals surface area (Å²) in [4.78, 5) is 16.2. The van der Waals surface area contributed by atoms with E-state index in [9.17, 15) is 9.90 Å². The minimum atomic E-state index is -0.570. The topological polar surface area (TPSA) is 89.7 Å². The predicted molar refractivity (Wildman–Crippen MR) is 114 cm³/mol. The average molecular weight is 422 g/mol. The largest absolute Gasteiger partial charge is 0.493 e. The number of methoxy groups -OCH3 is 1. The van der Waals surface area contributed by atoms with E-state index in [1.54, 1.807) is 7.11 Å². The Labute approximate surface area is 180 Å². The molecule has 1 saturated carbocycles. The molecule has 1 aliphatic heterocycles. The SMILES string of the molecule is COc1ccccc1O[C@@H]1C[C@@H]2CN(C(=O)Cn3nc4ccccc4n3)C[C@@H]2C[C@H]1O. The molecule has 0 spiro atoms. The standard InChI is InChI=1S/C23H26N4O4/c1-30-20-8-4-5-9-21(20)31-22-11-16-13-26(12-15(16)10-19(22)28)23(29)14-27-24-17-6-2-3-7-18(17)25-27/h2-9,15-16,19,22,28H,10-14H2,1H3/t15-,16+,19+,22+/m0/s1. The van der Waals surface area contributed by atoms with Crippen LogP contribution >= 0.6 is 0 Å². The van der Waals surface area contributed by atoms with Crippen molar-refractivity contribution in [1.82, 2.24) is 19.9 Å². The van der Waals surface area contributed by atoms with Gasteiger partial charge in [0.25, 0.3) is 0 Å². The molecule has 1 aliphatic carbocycles. The molecule has 162 valence electrons. The van der Waals surface area contributed by atoms with E-state index >= 15 is 0 Å². The highest BCUT2D eigenvalue weighted by Gasteiger charge is 2.44. The van der Waals surface area contributed by atoms with Crippen LogP contribution in [0.2, 0.25) is 0 Å². The number of carbonyl (C=O) groups is 1. The smallest absolute Gasteiger partial charge is 0.246 e. The van der Waals surface area contributed by atoms with E-state index in [0.29, 0.717) is 43.3 Å². The maximum absolute atomic E-state index is 12.9. The molecule has 0 bridgehead atoms. The summed E-state index contributed by atoms with van der Waals surface area (Å²) < 4.78 is 11.5. The highest BCUT2D eigenvalue weighted by Crippen LogP contribution is 2.39. The number of hydrogen-bond donors (Lipinski definition) is 1. The van der Waals surface area contributed by atoms with E-state index < -0.39 is 6.10 Å². The average Bonchev–Trinajstić information content (AvgIpc) is 3.37. The van der Waals surface area contributed by atoms with Crippen molar-refractivity contribution in [3.8, 4) is 11.5 Å². The number of hydrogen-bond acceptors (Lipinski definition) is 6. The van der Waals surface area contributed by atoms with Crippen molar-refractivity contribution in [3.63, 3.8) is 0 Å². The molecule has 4 atom stereocenters. The summed E-state index contributed by atoms with van der Waals surface area (Å²) in [6, 6.07) is 15.1. The Morgan fingerprint density at radius 3 is 2.29 bits per heavy atom. The fraction of sp³-hybridized carbons (Fsp3) is 0.435. The normalized spacial score (nSPS) is 25.4. The zero-order valence-corrected chi connectivity index (χ0v) is 17.4. The Hall–Kier alpha value is -3.13. The van der Waals surface area contributed by atoms with Crippen LogP contribution in [-0.2, 0) is 11.3 Å². The molecule has 1 aromatic heterocycles. The van der Waals surface area contributed by atoms with Gasteiger partial charge in [-0.05, 0) is 48.9 Å². The van der Waals surface area contributed by atoms with Crippen molar-refractivity contribution in [3.05, 3.63) is 48.5 Å². The van der Waals surface area contributed by atoms with E-state index in [1.165, 1.54) is 4.80 Å². The van der Waals surface area contributed by atoms with E-state index in [4.69, 9.17) is 9.47 Å². The highest BCUT2D eigenvalue weighted by atomic mass is 16.5. The molecule has 2 heterocycles. The molecule has 3 aromatic rings. The van der Waals surface area contributed by atoms with Crippen LogP contribution in [-0.4, -0.2) is 63.3 Å². The van der Waals surface area contributed by atoms with Gasteiger partial charge in [-0.3, -0.25) is 4.79 Å². The number of carbonyl (C=O) groups excluding carboxylic acids is 1. The first-order valence-corrected chi connectivity index (χ1v) is 10.7. The maximum Gasteiger partial charge on any atom is 0.246 e. The first-order chi connectivity index (χ1) is 15.1. The molecule has 8 nitrogen and oxygen atoms in total. The van der Waals surface area contributed by atoms with Gasteiger partial charge in [0, 0.05) is 13.1 Å². The first-order valence-electron chi connectivity index (χ1n) is 10.7. The van der Waals surface area contributed by atoms with Gasteiger partial charge in [-0.15, -0.1) is 0 Å². The number of fused-ring (bicyclic) bond motifs is 2. The Morgan fingerprint density at radius 2 is 1.61 bits per heavy atom. The van der Waals surface area contributed by atoms with Crippen LogP contribution in [0.3, 0.4) is 0 Å². The van der Waals surface area contributed by atoms with Crippen LogP contribution in [0, 0.1) is 11.8 Å². The van der Waals surface area contributed by atoms with Gasteiger partial charge in [-0.25, -0.2) is 0 Å². The summed E-state index contributed by atoms with van der Waals surface area (Å²) in [5.41, 5.74) is 1.56. The van der Waals surface area contributed by atoms with E-state index in [-0.39, 0.29) is 24.5 Å². The molecule has 8 heteroatoms. The van der Waals surface area contributed by atoms with Crippen molar-refractivity contribution < 1.29 is 19.4 Å². The third-order valence-corrected chi connectivity index (χ3v) is 6.39. The van der Waals surface area contributed by atoms with E-state index in [2.05, 4.69) is 10.2 Å². The quantitative estimate of drug-likeness (QED) is 0.678. The van der Waals surface area contributed by atoms with Gasteiger partial charge in [-0.1, -0.05) is 24.3 Å². The number of ether oxygens (including phenoxy) is 2. The van der Waals surface area contributed by atoms with Crippen LogP contribution < -0.4 is 9.47 Å². The monoisotopic (exact) mass is 422 g/mol. The van der Waals surface area contributed by atoms with E-state index in [1.807, 2.05) is 53.4 Å². The molecule has 2 fully saturated rings. The van der Waals surface area contributed by atoms with E-state index in [0.717, 1.165) is 11.0 Å². The lowest BCUT2D eigenvalue weighted by atomic mass is 9.78. The lowest BCUT2D eigenvalue weighted by Crippen LogP contribution is -2.42. The van der Waals surface area contributed by atoms with Crippen LogP contribution in [0.25, 0.3) is 11.0 Å². The summed E-state index contributed by atoms with van der Waals surface area (Å²) in [5.74, 6) is 1.87. The molecule has 0 radical (unpaired) electrons. The summed E-state index contributed by atoms with van der Waals surface area (Å²) >= 11 is 0.